The second kappa shape index (κ2) is 6.92. The highest BCUT2D eigenvalue weighted by Gasteiger charge is 2.36. The number of aliphatic imine (C=N–C) groups is 1. The number of aromatic nitrogens is 1. The van der Waals surface area contributed by atoms with E-state index in [4.69, 9.17) is 12.2 Å². The molecule has 2 amide bonds. The number of benzene rings is 1. The van der Waals surface area contributed by atoms with Crippen LogP contribution in [-0.2, 0) is 16.0 Å². The number of rotatable bonds is 5. The molecular formula is C17H18N4O2S. The van der Waals surface area contributed by atoms with Gasteiger partial charge in [-0.3, -0.25) is 19.5 Å². The van der Waals surface area contributed by atoms with Crippen LogP contribution in [0.2, 0.25) is 0 Å². The first-order valence-corrected chi connectivity index (χ1v) is 8.23. The fraction of sp³-hybridized carbons (Fsp3) is 0.294. The van der Waals surface area contributed by atoms with Gasteiger partial charge in [-0.05, 0) is 37.2 Å². The van der Waals surface area contributed by atoms with Crippen molar-refractivity contribution in [1.29, 1.82) is 0 Å². The molecule has 3 rings (SSSR count). The molecule has 2 N–H and O–H groups in total. The summed E-state index contributed by atoms with van der Waals surface area (Å²) < 4.78 is 0. The molecule has 6 nitrogen and oxygen atoms in total. The first-order valence-electron chi connectivity index (χ1n) is 7.83. The quantitative estimate of drug-likeness (QED) is 0.493. The number of hydrogen-bond donors (Lipinski definition) is 2. The second-order valence-corrected chi connectivity index (χ2v) is 5.91. The van der Waals surface area contributed by atoms with E-state index in [0.717, 1.165) is 11.9 Å². The lowest BCUT2D eigenvalue weighted by Crippen LogP contribution is -2.58. The third-order valence-electron chi connectivity index (χ3n) is 4.05. The van der Waals surface area contributed by atoms with Crippen molar-refractivity contribution in [3.8, 4) is 0 Å². The molecule has 0 saturated carbocycles. The maximum Gasteiger partial charge on any atom is 0.246 e. The lowest BCUT2D eigenvalue weighted by atomic mass is 10.1. The van der Waals surface area contributed by atoms with Crippen LogP contribution in [-0.4, -0.2) is 46.1 Å². The summed E-state index contributed by atoms with van der Waals surface area (Å²) in [6.07, 6.45) is 4.13. The third kappa shape index (κ3) is 3.07. The molecule has 1 aromatic carbocycles. The van der Waals surface area contributed by atoms with E-state index >= 15 is 0 Å². The molecule has 7 heteroatoms. The van der Waals surface area contributed by atoms with Gasteiger partial charge in [-0.25, -0.2) is 0 Å². The minimum atomic E-state index is -0.903. The van der Waals surface area contributed by atoms with Gasteiger partial charge in [-0.2, -0.15) is 0 Å². The van der Waals surface area contributed by atoms with Gasteiger partial charge in [-0.1, -0.05) is 18.2 Å². The van der Waals surface area contributed by atoms with Gasteiger partial charge in [0.05, 0.1) is 0 Å². The maximum absolute atomic E-state index is 12.3. The summed E-state index contributed by atoms with van der Waals surface area (Å²) in [5, 5.41) is 3.87. The number of H-pyrrole nitrogens is 1. The molecule has 1 aliphatic heterocycles. The average molecular weight is 342 g/mol. The van der Waals surface area contributed by atoms with E-state index in [1.165, 1.54) is 22.1 Å². The first-order chi connectivity index (χ1) is 11.6. The predicted molar refractivity (Wildman–Crippen MR) is 97.0 cm³/mol. The van der Waals surface area contributed by atoms with Gasteiger partial charge in [0.15, 0.2) is 11.0 Å². The van der Waals surface area contributed by atoms with Gasteiger partial charge in [0.25, 0.3) is 0 Å². The summed E-state index contributed by atoms with van der Waals surface area (Å²) in [5.41, 5.74) is 2.25. The van der Waals surface area contributed by atoms with Crippen LogP contribution in [0.1, 0.15) is 12.5 Å². The van der Waals surface area contributed by atoms with Crippen molar-refractivity contribution in [2.45, 2.75) is 13.3 Å². The average Bonchev–Trinajstić information content (AvgIpc) is 2.97. The molecule has 0 radical (unpaired) electrons. The molecule has 1 aliphatic rings. The lowest BCUT2D eigenvalue weighted by Gasteiger charge is -2.29. The molecule has 1 fully saturated rings. The Morgan fingerprint density at radius 3 is 2.92 bits per heavy atom. The number of nitrogens with zero attached hydrogens (tertiary/aromatic N) is 2. The number of thiocarbonyl (C=S) groups is 1. The summed E-state index contributed by atoms with van der Waals surface area (Å²) in [7, 11) is 0. The zero-order valence-corrected chi connectivity index (χ0v) is 14.1. The number of carbonyl (C=O) groups excluding carboxylic acids is 2. The highest BCUT2D eigenvalue weighted by atomic mass is 32.1. The van der Waals surface area contributed by atoms with Crippen LogP contribution >= 0.6 is 12.2 Å². The highest BCUT2D eigenvalue weighted by Crippen LogP contribution is 2.18. The van der Waals surface area contributed by atoms with Crippen LogP contribution in [0.15, 0.2) is 35.5 Å². The van der Waals surface area contributed by atoms with E-state index in [1.807, 2.05) is 31.3 Å². The molecule has 0 unspecified atom stereocenters. The Labute approximate surface area is 144 Å². The van der Waals surface area contributed by atoms with Gasteiger partial charge in [0.2, 0.25) is 11.8 Å². The largest absolute Gasteiger partial charge is 0.361 e. The van der Waals surface area contributed by atoms with Crippen molar-refractivity contribution in [2.75, 3.05) is 13.1 Å². The maximum atomic E-state index is 12.3. The van der Waals surface area contributed by atoms with Gasteiger partial charge in [0, 0.05) is 36.4 Å². The van der Waals surface area contributed by atoms with Crippen molar-refractivity contribution in [1.82, 2.24) is 15.2 Å². The van der Waals surface area contributed by atoms with Gasteiger partial charge < -0.3 is 10.3 Å². The molecule has 124 valence electrons. The Hall–Kier alpha value is -2.54. The van der Waals surface area contributed by atoms with Crippen LogP contribution in [0.3, 0.4) is 0 Å². The van der Waals surface area contributed by atoms with E-state index in [1.54, 1.807) is 0 Å². The van der Waals surface area contributed by atoms with Crippen molar-refractivity contribution >= 4 is 46.3 Å². The van der Waals surface area contributed by atoms with Crippen LogP contribution in [0, 0.1) is 5.92 Å². The lowest BCUT2D eigenvalue weighted by molar-refractivity contribution is -0.137. The Balaban J connectivity index is 1.64. The fourth-order valence-electron chi connectivity index (χ4n) is 2.77. The smallest absolute Gasteiger partial charge is 0.246 e. The van der Waals surface area contributed by atoms with Crippen LogP contribution in [0.4, 0.5) is 0 Å². The Morgan fingerprint density at radius 2 is 2.12 bits per heavy atom. The summed E-state index contributed by atoms with van der Waals surface area (Å²) in [6, 6.07) is 8.06. The van der Waals surface area contributed by atoms with Crippen molar-refractivity contribution in [3.05, 3.63) is 36.0 Å². The van der Waals surface area contributed by atoms with E-state index in [9.17, 15) is 9.59 Å². The Morgan fingerprint density at radius 1 is 1.33 bits per heavy atom. The number of hydrogen-bond acceptors (Lipinski definition) is 4. The normalized spacial score (nSPS) is 18.6. The number of aromatic amines is 1. The number of amides is 2. The van der Waals surface area contributed by atoms with Gasteiger partial charge >= 0.3 is 0 Å². The van der Waals surface area contributed by atoms with E-state index < -0.39 is 11.8 Å². The molecule has 1 saturated heterocycles. The topological polar surface area (TPSA) is 77.6 Å². The van der Waals surface area contributed by atoms with Crippen molar-refractivity contribution in [2.24, 2.45) is 10.9 Å². The van der Waals surface area contributed by atoms with Crippen molar-refractivity contribution in [3.63, 3.8) is 0 Å². The monoisotopic (exact) mass is 342 g/mol. The summed E-state index contributed by atoms with van der Waals surface area (Å²) >= 11 is 4.99. The summed E-state index contributed by atoms with van der Waals surface area (Å²) in [4.78, 5) is 33.1. The fourth-order valence-corrected chi connectivity index (χ4v) is 3.08. The molecule has 1 aromatic heterocycles. The number of para-hydroxylation sites is 1. The molecule has 0 aliphatic carbocycles. The number of nitrogens with one attached hydrogen (secondary N) is 2. The molecule has 0 spiro atoms. The number of carbonyl (C=O) groups is 2. The molecule has 2 heterocycles. The minimum Gasteiger partial charge on any atom is -0.361 e. The van der Waals surface area contributed by atoms with Crippen LogP contribution in [0.5, 0.6) is 0 Å². The van der Waals surface area contributed by atoms with E-state index in [2.05, 4.69) is 21.4 Å². The van der Waals surface area contributed by atoms with Crippen LogP contribution in [0.25, 0.3) is 10.9 Å². The SMILES string of the molecule is CCN1C(=O)[C@H](C=NCCc2c[nH]c3ccccc23)C(=O)NC1=S. The van der Waals surface area contributed by atoms with Gasteiger partial charge in [-0.15, -0.1) is 0 Å². The third-order valence-corrected chi connectivity index (χ3v) is 4.37. The van der Waals surface area contributed by atoms with E-state index in [0.29, 0.717) is 13.1 Å². The summed E-state index contributed by atoms with van der Waals surface area (Å²) in [5.74, 6) is -1.63. The zero-order valence-electron chi connectivity index (χ0n) is 13.3. The molecule has 2 aromatic rings. The summed E-state index contributed by atoms with van der Waals surface area (Å²) in [6.45, 7) is 2.75. The van der Waals surface area contributed by atoms with Crippen LogP contribution < -0.4 is 5.32 Å². The minimum absolute atomic E-state index is 0.163. The van der Waals surface area contributed by atoms with E-state index in [-0.39, 0.29) is 11.0 Å². The highest BCUT2D eigenvalue weighted by molar-refractivity contribution is 7.80. The molecule has 0 bridgehead atoms. The Kier molecular flexibility index (Phi) is 4.71. The Bertz CT molecular complexity index is 827. The molecular weight excluding hydrogens is 324 g/mol. The zero-order chi connectivity index (χ0) is 17.1. The molecule has 24 heavy (non-hydrogen) atoms. The first kappa shape index (κ1) is 16.3. The van der Waals surface area contributed by atoms with Gasteiger partial charge in [0.1, 0.15) is 0 Å². The molecule has 1 atom stereocenters. The number of fused-ring (bicyclic) bond motifs is 1. The standard InChI is InChI=1S/C17H18N4O2S/c1-2-21-16(23)13(15(22)20-17(21)24)10-18-8-7-11-9-19-14-6-4-3-5-12(11)14/h3-6,9-10,13,19H,2,7-8H2,1H3,(H,20,22,24)/t13-/m1/s1. The second-order valence-electron chi connectivity index (χ2n) is 5.52. The van der Waals surface area contributed by atoms with Crippen molar-refractivity contribution < 1.29 is 9.59 Å². The predicted octanol–water partition coefficient (Wildman–Crippen LogP) is 1.66.